The molecule has 1 nitrogen and oxygen atoms in total. The maximum absolute atomic E-state index is 2.76. The zero-order valence-electron chi connectivity index (χ0n) is 9.13. The second kappa shape index (κ2) is 4.00. The molecule has 0 aromatic carbocycles. The van der Waals surface area contributed by atoms with Gasteiger partial charge in [-0.15, -0.1) is 0 Å². The van der Waals surface area contributed by atoms with Crippen molar-refractivity contribution in [3.63, 3.8) is 0 Å². The van der Waals surface area contributed by atoms with Crippen molar-refractivity contribution in [2.24, 2.45) is 11.8 Å². The van der Waals surface area contributed by atoms with E-state index in [-0.39, 0.29) is 0 Å². The molecule has 0 N–H and O–H groups in total. The summed E-state index contributed by atoms with van der Waals surface area (Å²) in [7, 11) is 0. The SMILES string of the molecule is CC(C)[C@@H]1CCN(C2CCCC2)C1. The lowest BCUT2D eigenvalue weighted by Gasteiger charge is -2.24. The van der Waals surface area contributed by atoms with Crippen LogP contribution in [0.25, 0.3) is 0 Å². The molecule has 2 aliphatic rings. The Morgan fingerprint density at radius 3 is 2.31 bits per heavy atom. The highest BCUT2D eigenvalue weighted by Gasteiger charge is 2.30. The lowest BCUT2D eigenvalue weighted by molar-refractivity contribution is 0.228. The summed E-state index contributed by atoms with van der Waals surface area (Å²) in [6, 6.07) is 0.962. The Bertz CT molecular complexity index is 159. The lowest BCUT2D eigenvalue weighted by Crippen LogP contribution is -2.31. The third kappa shape index (κ3) is 2.07. The molecule has 0 aromatic rings. The van der Waals surface area contributed by atoms with Gasteiger partial charge in [0.1, 0.15) is 0 Å². The van der Waals surface area contributed by atoms with Gasteiger partial charge in [0.2, 0.25) is 0 Å². The highest BCUT2D eigenvalue weighted by Crippen LogP contribution is 2.31. The van der Waals surface area contributed by atoms with E-state index >= 15 is 0 Å². The minimum absolute atomic E-state index is 0.895. The molecule has 0 amide bonds. The summed E-state index contributed by atoms with van der Waals surface area (Å²) in [4.78, 5) is 2.76. The monoisotopic (exact) mass is 181 g/mol. The first-order valence-electron chi connectivity index (χ1n) is 6.01. The number of rotatable bonds is 2. The molecule has 2 rings (SSSR count). The van der Waals surface area contributed by atoms with Gasteiger partial charge in [-0.3, -0.25) is 0 Å². The van der Waals surface area contributed by atoms with Crippen molar-refractivity contribution in [2.45, 2.75) is 52.0 Å². The van der Waals surface area contributed by atoms with Crippen LogP contribution in [-0.4, -0.2) is 24.0 Å². The van der Waals surface area contributed by atoms with Crippen LogP contribution in [0.15, 0.2) is 0 Å². The van der Waals surface area contributed by atoms with Gasteiger partial charge in [-0.25, -0.2) is 0 Å². The van der Waals surface area contributed by atoms with Crippen molar-refractivity contribution in [1.29, 1.82) is 0 Å². The predicted molar refractivity (Wildman–Crippen MR) is 56.8 cm³/mol. The Hall–Kier alpha value is -0.0400. The average molecular weight is 181 g/mol. The molecule has 1 heterocycles. The quantitative estimate of drug-likeness (QED) is 0.633. The first kappa shape index (κ1) is 9.51. The van der Waals surface area contributed by atoms with Crippen LogP contribution >= 0.6 is 0 Å². The summed E-state index contributed by atoms with van der Waals surface area (Å²) < 4.78 is 0. The minimum atomic E-state index is 0.895. The van der Waals surface area contributed by atoms with E-state index < -0.39 is 0 Å². The Morgan fingerprint density at radius 1 is 1.08 bits per heavy atom. The van der Waals surface area contributed by atoms with Crippen molar-refractivity contribution >= 4 is 0 Å². The number of hydrogen-bond acceptors (Lipinski definition) is 1. The molecular weight excluding hydrogens is 158 g/mol. The number of hydrogen-bond donors (Lipinski definition) is 0. The molecule has 1 aliphatic heterocycles. The van der Waals surface area contributed by atoms with E-state index in [1.54, 1.807) is 0 Å². The molecule has 1 heteroatoms. The topological polar surface area (TPSA) is 3.24 Å². The number of likely N-dealkylation sites (tertiary alicyclic amines) is 1. The van der Waals surface area contributed by atoms with Crippen LogP contribution in [0.3, 0.4) is 0 Å². The highest BCUT2D eigenvalue weighted by molar-refractivity contribution is 4.85. The van der Waals surface area contributed by atoms with Crippen LogP contribution in [0.5, 0.6) is 0 Å². The van der Waals surface area contributed by atoms with E-state index in [1.807, 2.05) is 0 Å². The molecule has 1 saturated carbocycles. The highest BCUT2D eigenvalue weighted by atomic mass is 15.2. The summed E-state index contributed by atoms with van der Waals surface area (Å²) in [5.41, 5.74) is 0. The summed E-state index contributed by atoms with van der Waals surface area (Å²) in [6.07, 6.45) is 7.37. The van der Waals surface area contributed by atoms with Crippen molar-refractivity contribution < 1.29 is 0 Å². The molecule has 1 saturated heterocycles. The molecule has 0 spiro atoms. The van der Waals surface area contributed by atoms with E-state index in [4.69, 9.17) is 0 Å². The summed E-state index contributed by atoms with van der Waals surface area (Å²) in [6.45, 7) is 7.53. The Kier molecular flexibility index (Phi) is 2.92. The van der Waals surface area contributed by atoms with E-state index in [9.17, 15) is 0 Å². The molecule has 0 bridgehead atoms. The fourth-order valence-electron chi connectivity index (χ4n) is 2.96. The van der Waals surface area contributed by atoms with Gasteiger partial charge in [-0.1, -0.05) is 26.7 Å². The molecule has 0 aromatic heterocycles. The van der Waals surface area contributed by atoms with Gasteiger partial charge < -0.3 is 4.90 Å². The van der Waals surface area contributed by atoms with Gasteiger partial charge in [0.15, 0.2) is 0 Å². The van der Waals surface area contributed by atoms with E-state index in [2.05, 4.69) is 18.7 Å². The average Bonchev–Trinajstić information content (AvgIpc) is 2.75. The molecule has 1 aliphatic carbocycles. The maximum atomic E-state index is 2.76. The van der Waals surface area contributed by atoms with Crippen LogP contribution in [0.4, 0.5) is 0 Å². The summed E-state index contributed by atoms with van der Waals surface area (Å²) >= 11 is 0. The third-order valence-corrected chi connectivity index (χ3v) is 4.04. The molecule has 76 valence electrons. The summed E-state index contributed by atoms with van der Waals surface area (Å²) in [5, 5.41) is 0. The van der Waals surface area contributed by atoms with E-state index in [0.717, 1.165) is 17.9 Å². The van der Waals surface area contributed by atoms with Crippen molar-refractivity contribution in [3.05, 3.63) is 0 Å². The molecule has 2 fully saturated rings. The first-order valence-corrected chi connectivity index (χ1v) is 6.01. The van der Waals surface area contributed by atoms with Crippen LogP contribution in [-0.2, 0) is 0 Å². The molecule has 0 unspecified atom stereocenters. The van der Waals surface area contributed by atoms with Crippen molar-refractivity contribution in [3.8, 4) is 0 Å². The minimum Gasteiger partial charge on any atom is -0.300 e. The lowest BCUT2D eigenvalue weighted by atomic mass is 9.95. The van der Waals surface area contributed by atoms with Crippen LogP contribution < -0.4 is 0 Å². The molecule has 13 heavy (non-hydrogen) atoms. The van der Waals surface area contributed by atoms with Crippen LogP contribution in [0, 0.1) is 11.8 Å². The Balaban J connectivity index is 1.83. The molecule has 0 radical (unpaired) electrons. The Morgan fingerprint density at radius 2 is 1.77 bits per heavy atom. The fraction of sp³-hybridized carbons (Fsp3) is 1.00. The van der Waals surface area contributed by atoms with E-state index in [1.165, 1.54) is 45.2 Å². The smallest absolute Gasteiger partial charge is 0.00953 e. The first-order chi connectivity index (χ1) is 6.27. The van der Waals surface area contributed by atoms with Gasteiger partial charge in [0.05, 0.1) is 0 Å². The number of nitrogens with zero attached hydrogens (tertiary/aromatic N) is 1. The second-order valence-electron chi connectivity index (χ2n) is 5.23. The van der Waals surface area contributed by atoms with Gasteiger partial charge in [0.25, 0.3) is 0 Å². The molecular formula is C12H23N. The van der Waals surface area contributed by atoms with E-state index in [0.29, 0.717) is 0 Å². The maximum Gasteiger partial charge on any atom is 0.00953 e. The van der Waals surface area contributed by atoms with Gasteiger partial charge >= 0.3 is 0 Å². The van der Waals surface area contributed by atoms with Gasteiger partial charge in [0, 0.05) is 12.6 Å². The van der Waals surface area contributed by atoms with Gasteiger partial charge in [-0.05, 0) is 37.6 Å². The Labute approximate surface area is 82.5 Å². The molecule has 1 atom stereocenters. The second-order valence-corrected chi connectivity index (χ2v) is 5.23. The zero-order valence-corrected chi connectivity index (χ0v) is 9.13. The van der Waals surface area contributed by atoms with Crippen molar-refractivity contribution in [1.82, 2.24) is 4.90 Å². The van der Waals surface area contributed by atoms with Gasteiger partial charge in [-0.2, -0.15) is 0 Å². The standard InChI is InChI=1S/C12H23N/c1-10(2)11-7-8-13(9-11)12-5-3-4-6-12/h10-12H,3-9H2,1-2H3/t11-/m1/s1. The largest absolute Gasteiger partial charge is 0.300 e. The van der Waals surface area contributed by atoms with Crippen molar-refractivity contribution in [2.75, 3.05) is 13.1 Å². The normalized spacial score (nSPS) is 32.1. The zero-order chi connectivity index (χ0) is 9.26. The van der Waals surface area contributed by atoms with Crippen LogP contribution in [0.1, 0.15) is 46.0 Å². The predicted octanol–water partition coefficient (Wildman–Crippen LogP) is 2.91. The third-order valence-electron chi connectivity index (χ3n) is 4.04. The van der Waals surface area contributed by atoms with Crippen LogP contribution in [0.2, 0.25) is 0 Å². The fourth-order valence-corrected chi connectivity index (χ4v) is 2.96. The summed E-state index contributed by atoms with van der Waals surface area (Å²) in [5.74, 6) is 1.88.